The summed E-state index contributed by atoms with van der Waals surface area (Å²) < 4.78 is 2.69. The van der Waals surface area contributed by atoms with Crippen LogP contribution in [-0.2, 0) is 0 Å². The van der Waals surface area contributed by atoms with Gasteiger partial charge in [-0.3, -0.25) is 4.98 Å². The summed E-state index contributed by atoms with van der Waals surface area (Å²) in [5.41, 5.74) is 1.15. The Morgan fingerprint density at radius 3 is 2.94 bits per heavy atom. The first-order valence-corrected chi connectivity index (χ1v) is 6.76. The summed E-state index contributed by atoms with van der Waals surface area (Å²) in [7, 11) is 0. The first-order chi connectivity index (χ1) is 7.93. The van der Waals surface area contributed by atoms with Crippen LogP contribution in [0.5, 0.6) is 0 Å². The molecule has 0 aliphatic heterocycles. The predicted octanol–water partition coefficient (Wildman–Crippen LogP) is 4.66. The second kappa shape index (κ2) is 3.03. The fraction of sp³-hybridized carbons (Fsp3) is 0. The Kier molecular flexibility index (Phi) is 1.64. The van der Waals surface area contributed by atoms with Crippen molar-refractivity contribution in [3.8, 4) is 0 Å². The van der Waals surface area contributed by atoms with E-state index < -0.39 is 0 Å². The van der Waals surface area contributed by atoms with Crippen molar-refractivity contribution in [2.24, 2.45) is 0 Å². The lowest BCUT2D eigenvalue weighted by atomic mass is 10.1. The lowest BCUT2D eigenvalue weighted by molar-refractivity contribution is 1.47. The van der Waals surface area contributed by atoms with Gasteiger partial charge in [0.25, 0.3) is 0 Å². The molecule has 0 fully saturated rings. The van der Waals surface area contributed by atoms with E-state index in [1.807, 2.05) is 17.5 Å². The zero-order valence-corrected chi connectivity index (χ0v) is 9.94. The Morgan fingerprint density at radius 1 is 1.00 bits per heavy atom. The van der Waals surface area contributed by atoms with Crippen LogP contribution < -0.4 is 0 Å². The summed E-state index contributed by atoms with van der Waals surface area (Å²) in [5.74, 6) is 0. The number of hydrogen-bond donors (Lipinski definition) is 0. The van der Waals surface area contributed by atoms with Gasteiger partial charge < -0.3 is 0 Å². The van der Waals surface area contributed by atoms with Crippen LogP contribution in [0.2, 0.25) is 0 Å². The summed E-state index contributed by atoms with van der Waals surface area (Å²) >= 11 is 3.65. The molecule has 3 aromatic heterocycles. The largest absolute Gasteiger partial charge is 0.254 e. The van der Waals surface area contributed by atoms with Crippen molar-refractivity contribution in [1.82, 2.24) is 4.98 Å². The van der Waals surface area contributed by atoms with E-state index in [4.69, 9.17) is 0 Å². The van der Waals surface area contributed by atoms with Gasteiger partial charge in [-0.2, -0.15) is 0 Å². The molecule has 1 nitrogen and oxygen atoms in total. The van der Waals surface area contributed by atoms with Crippen LogP contribution in [-0.4, -0.2) is 4.98 Å². The zero-order chi connectivity index (χ0) is 10.5. The molecule has 0 radical (unpaired) electrons. The normalized spacial score (nSPS) is 11.8. The third kappa shape index (κ3) is 1.02. The van der Waals surface area contributed by atoms with E-state index in [2.05, 4.69) is 40.7 Å². The second-order valence-corrected chi connectivity index (χ2v) is 5.94. The fourth-order valence-electron chi connectivity index (χ4n) is 2.07. The number of nitrogens with zero attached hydrogens (tertiary/aromatic N) is 1. The third-order valence-corrected chi connectivity index (χ3v) is 5.10. The molecule has 16 heavy (non-hydrogen) atoms. The van der Waals surface area contributed by atoms with Gasteiger partial charge in [0.15, 0.2) is 0 Å². The molecule has 0 saturated heterocycles. The quantitative estimate of drug-likeness (QED) is 0.436. The Bertz CT molecular complexity index is 804. The standard InChI is InChI=1S/C13H7NS2/c1-2-4-9-8(3-1)7-14-11-10-5-6-15-13(10)16-12(9)11/h1-7H. The van der Waals surface area contributed by atoms with Crippen LogP contribution in [0.1, 0.15) is 0 Å². The molecule has 0 spiro atoms. The van der Waals surface area contributed by atoms with E-state index in [9.17, 15) is 0 Å². The SMILES string of the molecule is c1ccc2c(c1)cnc1c3ccsc3sc21. The molecule has 4 rings (SSSR count). The Morgan fingerprint density at radius 2 is 1.94 bits per heavy atom. The zero-order valence-electron chi connectivity index (χ0n) is 8.31. The highest BCUT2D eigenvalue weighted by atomic mass is 32.2. The van der Waals surface area contributed by atoms with Gasteiger partial charge in [-0.15, -0.1) is 22.7 Å². The number of pyridine rings is 1. The first-order valence-electron chi connectivity index (χ1n) is 5.07. The minimum Gasteiger partial charge on any atom is -0.254 e. The molecule has 0 aliphatic carbocycles. The fourth-order valence-corrected chi connectivity index (χ4v) is 4.32. The van der Waals surface area contributed by atoms with Crippen molar-refractivity contribution >= 4 is 53.1 Å². The van der Waals surface area contributed by atoms with Crippen LogP contribution in [0, 0.1) is 0 Å². The molecule has 0 unspecified atom stereocenters. The van der Waals surface area contributed by atoms with Crippen LogP contribution >= 0.6 is 22.7 Å². The average Bonchev–Trinajstić information content (AvgIpc) is 2.88. The molecule has 4 aromatic rings. The number of benzene rings is 1. The molecule has 3 heteroatoms. The molecule has 0 amide bonds. The van der Waals surface area contributed by atoms with Gasteiger partial charge in [0.1, 0.15) is 0 Å². The highest BCUT2D eigenvalue weighted by Gasteiger charge is 2.09. The number of aromatic nitrogens is 1. The van der Waals surface area contributed by atoms with Crippen molar-refractivity contribution in [1.29, 1.82) is 0 Å². The number of fused-ring (bicyclic) bond motifs is 5. The molecule has 3 heterocycles. The highest BCUT2D eigenvalue weighted by molar-refractivity contribution is 7.41. The van der Waals surface area contributed by atoms with Crippen LogP contribution in [0.25, 0.3) is 30.4 Å². The van der Waals surface area contributed by atoms with Crippen molar-refractivity contribution in [3.63, 3.8) is 0 Å². The van der Waals surface area contributed by atoms with E-state index >= 15 is 0 Å². The Labute approximate surface area is 100.0 Å². The first kappa shape index (κ1) is 8.67. The van der Waals surface area contributed by atoms with E-state index in [1.54, 1.807) is 11.3 Å². The second-order valence-electron chi connectivity index (χ2n) is 3.75. The van der Waals surface area contributed by atoms with Crippen molar-refractivity contribution in [2.45, 2.75) is 0 Å². The molecular weight excluding hydrogens is 234 g/mol. The minimum absolute atomic E-state index is 1.15. The summed E-state index contributed by atoms with van der Waals surface area (Å²) in [4.78, 5) is 4.59. The van der Waals surface area contributed by atoms with Crippen molar-refractivity contribution < 1.29 is 0 Å². The molecule has 0 saturated carbocycles. The number of rotatable bonds is 0. The monoisotopic (exact) mass is 241 g/mol. The summed E-state index contributed by atoms with van der Waals surface area (Å²) in [6.07, 6.45) is 1.97. The van der Waals surface area contributed by atoms with Gasteiger partial charge in [-0.05, 0) is 11.4 Å². The lowest BCUT2D eigenvalue weighted by Crippen LogP contribution is -1.76. The van der Waals surface area contributed by atoms with Crippen molar-refractivity contribution in [2.75, 3.05) is 0 Å². The van der Waals surface area contributed by atoms with E-state index in [0.717, 1.165) is 5.52 Å². The molecule has 0 N–H and O–H groups in total. The molecule has 0 bridgehead atoms. The van der Waals surface area contributed by atoms with E-state index in [1.165, 1.54) is 24.9 Å². The van der Waals surface area contributed by atoms with Crippen molar-refractivity contribution in [3.05, 3.63) is 41.9 Å². The Balaban J connectivity index is 2.36. The molecular formula is C13H7NS2. The number of hydrogen-bond acceptors (Lipinski definition) is 3. The smallest absolute Gasteiger partial charge is 0.0903 e. The van der Waals surface area contributed by atoms with Gasteiger partial charge in [-0.1, -0.05) is 24.3 Å². The maximum Gasteiger partial charge on any atom is 0.0903 e. The highest BCUT2D eigenvalue weighted by Crippen LogP contribution is 2.39. The summed E-state index contributed by atoms with van der Waals surface area (Å²) in [6, 6.07) is 10.6. The summed E-state index contributed by atoms with van der Waals surface area (Å²) in [5, 5.41) is 5.98. The minimum atomic E-state index is 1.15. The number of thiophene rings is 2. The van der Waals surface area contributed by atoms with Gasteiger partial charge in [-0.25, -0.2) is 0 Å². The van der Waals surface area contributed by atoms with Crippen LogP contribution in [0.4, 0.5) is 0 Å². The topological polar surface area (TPSA) is 12.9 Å². The maximum absolute atomic E-state index is 4.59. The van der Waals surface area contributed by atoms with E-state index in [-0.39, 0.29) is 0 Å². The molecule has 1 aromatic carbocycles. The lowest BCUT2D eigenvalue weighted by Gasteiger charge is -1.97. The van der Waals surface area contributed by atoms with E-state index in [0.29, 0.717) is 0 Å². The van der Waals surface area contributed by atoms with Crippen LogP contribution in [0.3, 0.4) is 0 Å². The van der Waals surface area contributed by atoms with Crippen LogP contribution in [0.15, 0.2) is 41.9 Å². The molecule has 76 valence electrons. The van der Waals surface area contributed by atoms with Gasteiger partial charge in [0, 0.05) is 22.4 Å². The average molecular weight is 241 g/mol. The third-order valence-electron chi connectivity index (χ3n) is 2.83. The maximum atomic E-state index is 4.59. The van der Waals surface area contributed by atoms with Gasteiger partial charge >= 0.3 is 0 Å². The summed E-state index contributed by atoms with van der Waals surface area (Å²) in [6.45, 7) is 0. The predicted molar refractivity (Wildman–Crippen MR) is 72.5 cm³/mol. The van der Waals surface area contributed by atoms with Gasteiger partial charge in [0.05, 0.1) is 14.2 Å². The Hall–Kier alpha value is -1.45. The van der Waals surface area contributed by atoms with Gasteiger partial charge in [0.2, 0.25) is 0 Å². The molecule has 0 atom stereocenters. The molecule has 0 aliphatic rings.